The Bertz CT molecular complexity index is 365. The first-order chi connectivity index (χ1) is 10.2. The van der Waals surface area contributed by atoms with Crippen LogP contribution >= 0.6 is 0 Å². The van der Waals surface area contributed by atoms with Crippen molar-refractivity contribution in [3.63, 3.8) is 0 Å². The molecule has 0 rings (SSSR count). The first-order valence-electron chi connectivity index (χ1n) is 7.24. The van der Waals surface area contributed by atoms with E-state index in [0.29, 0.717) is 19.5 Å². The van der Waals surface area contributed by atoms with E-state index in [4.69, 9.17) is 14.6 Å². The lowest BCUT2D eigenvalue weighted by atomic mass is 10.2. The molecule has 0 unspecified atom stereocenters. The minimum atomic E-state index is -0.915. The van der Waals surface area contributed by atoms with Gasteiger partial charge in [-0.05, 0) is 27.2 Å². The van der Waals surface area contributed by atoms with Gasteiger partial charge in [0.05, 0.1) is 19.6 Å². The van der Waals surface area contributed by atoms with Gasteiger partial charge in [0.15, 0.2) is 0 Å². The van der Waals surface area contributed by atoms with Crippen LogP contribution in [0.5, 0.6) is 0 Å². The Morgan fingerprint density at radius 1 is 1.00 bits per heavy atom. The van der Waals surface area contributed by atoms with Crippen molar-refractivity contribution in [3.8, 4) is 0 Å². The number of alkyl carbamates (subject to hydrolysis) is 1. The van der Waals surface area contributed by atoms with Crippen LogP contribution in [0.2, 0.25) is 0 Å². The molecule has 0 radical (unpaired) electrons. The second kappa shape index (κ2) is 10.8. The average Bonchev–Trinajstić information content (AvgIpc) is 2.36. The Morgan fingerprint density at radius 2 is 1.68 bits per heavy atom. The highest BCUT2D eigenvalue weighted by Gasteiger charge is 2.15. The van der Waals surface area contributed by atoms with Gasteiger partial charge in [-0.2, -0.15) is 0 Å². The number of nitrogens with one attached hydrogen (secondary N) is 2. The first kappa shape index (κ1) is 20.2. The van der Waals surface area contributed by atoms with Crippen LogP contribution in [0.1, 0.15) is 40.0 Å². The number of hydrogen-bond acceptors (Lipinski definition) is 5. The first-order valence-corrected chi connectivity index (χ1v) is 7.24. The monoisotopic (exact) mass is 318 g/mol. The second-order valence-electron chi connectivity index (χ2n) is 5.64. The minimum Gasteiger partial charge on any atom is -0.481 e. The number of carbonyl (C=O) groups is 3. The maximum atomic E-state index is 11.5. The number of carboxylic acids is 1. The summed E-state index contributed by atoms with van der Waals surface area (Å²) in [5, 5.41) is 13.6. The largest absolute Gasteiger partial charge is 0.481 e. The van der Waals surface area contributed by atoms with Crippen LogP contribution < -0.4 is 10.6 Å². The molecule has 0 aromatic carbocycles. The molecule has 0 aromatic heterocycles. The molecule has 0 saturated heterocycles. The van der Waals surface area contributed by atoms with Crippen molar-refractivity contribution in [2.24, 2.45) is 0 Å². The molecule has 8 nitrogen and oxygen atoms in total. The number of amides is 2. The van der Waals surface area contributed by atoms with Gasteiger partial charge >= 0.3 is 12.1 Å². The predicted molar refractivity (Wildman–Crippen MR) is 79.6 cm³/mol. The molecular formula is C14H26N2O6. The lowest BCUT2D eigenvalue weighted by molar-refractivity contribution is -0.138. The summed E-state index contributed by atoms with van der Waals surface area (Å²) < 4.78 is 10.1. The number of aliphatic carboxylic acids is 1. The van der Waals surface area contributed by atoms with E-state index in [0.717, 1.165) is 0 Å². The van der Waals surface area contributed by atoms with Crippen molar-refractivity contribution in [3.05, 3.63) is 0 Å². The van der Waals surface area contributed by atoms with E-state index in [1.165, 1.54) is 0 Å². The summed E-state index contributed by atoms with van der Waals surface area (Å²) in [7, 11) is 0. The normalized spacial score (nSPS) is 10.9. The van der Waals surface area contributed by atoms with Crippen LogP contribution in [-0.2, 0) is 19.1 Å². The topological polar surface area (TPSA) is 114 Å². The summed E-state index contributed by atoms with van der Waals surface area (Å²) >= 11 is 0. The SMILES string of the molecule is CC(C)(C)OC(=O)NCCCC(=O)NCCOCCC(=O)O. The highest BCUT2D eigenvalue weighted by atomic mass is 16.6. The number of carbonyl (C=O) groups excluding carboxylic acids is 2. The van der Waals surface area contributed by atoms with Gasteiger partial charge < -0.3 is 25.2 Å². The van der Waals surface area contributed by atoms with Crippen LogP contribution in [0.25, 0.3) is 0 Å². The maximum Gasteiger partial charge on any atom is 0.407 e. The van der Waals surface area contributed by atoms with E-state index < -0.39 is 17.7 Å². The fraction of sp³-hybridized carbons (Fsp3) is 0.786. The molecule has 0 aliphatic heterocycles. The molecule has 0 aliphatic rings. The Balaban J connectivity index is 3.47. The van der Waals surface area contributed by atoms with Gasteiger partial charge in [0, 0.05) is 19.5 Å². The molecule has 3 N–H and O–H groups in total. The van der Waals surface area contributed by atoms with Gasteiger partial charge in [-0.25, -0.2) is 4.79 Å². The van der Waals surface area contributed by atoms with Crippen molar-refractivity contribution in [2.45, 2.75) is 45.6 Å². The smallest absolute Gasteiger partial charge is 0.407 e. The molecule has 0 aliphatic carbocycles. The van der Waals surface area contributed by atoms with Gasteiger partial charge in [0.2, 0.25) is 5.91 Å². The van der Waals surface area contributed by atoms with E-state index in [1.807, 2.05) is 0 Å². The molecule has 128 valence electrons. The third-order valence-electron chi connectivity index (χ3n) is 2.28. The zero-order valence-electron chi connectivity index (χ0n) is 13.4. The van der Waals surface area contributed by atoms with Gasteiger partial charge in [0.1, 0.15) is 5.60 Å². The molecular weight excluding hydrogens is 292 g/mol. The van der Waals surface area contributed by atoms with E-state index >= 15 is 0 Å². The Hall–Kier alpha value is -1.83. The molecule has 0 aromatic rings. The minimum absolute atomic E-state index is 0.0513. The van der Waals surface area contributed by atoms with Crippen LogP contribution in [0.4, 0.5) is 4.79 Å². The molecule has 0 spiro atoms. The second-order valence-corrected chi connectivity index (χ2v) is 5.64. The summed E-state index contributed by atoms with van der Waals surface area (Å²) in [6, 6.07) is 0. The van der Waals surface area contributed by atoms with Gasteiger partial charge in [-0.15, -0.1) is 0 Å². The summed E-state index contributed by atoms with van der Waals surface area (Å²) in [5.74, 6) is -1.06. The Kier molecular flexibility index (Phi) is 9.93. The zero-order chi connectivity index (χ0) is 17.0. The van der Waals surface area contributed by atoms with Gasteiger partial charge in [-0.1, -0.05) is 0 Å². The highest BCUT2D eigenvalue weighted by molar-refractivity contribution is 5.75. The summed E-state index contributed by atoms with van der Waals surface area (Å²) in [4.78, 5) is 33.0. The van der Waals surface area contributed by atoms with Gasteiger partial charge in [0.25, 0.3) is 0 Å². The van der Waals surface area contributed by atoms with E-state index in [2.05, 4.69) is 10.6 Å². The third-order valence-corrected chi connectivity index (χ3v) is 2.28. The van der Waals surface area contributed by atoms with Crippen molar-refractivity contribution < 1.29 is 29.0 Å². The quantitative estimate of drug-likeness (QED) is 0.516. The molecule has 0 fully saturated rings. The standard InChI is InChI=1S/C14H26N2O6/c1-14(2,3)22-13(20)16-7-4-5-11(17)15-8-10-21-9-6-12(18)19/h4-10H2,1-3H3,(H,15,17)(H,16,20)(H,18,19). The van der Waals surface area contributed by atoms with Crippen molar-refractivity contribution in [1.82, 2.24) is 10.6 Å². The summed E-state index contributed by atoms with van der Waals surface area (Å²) in [5.41, 5.74) is -0.540. The summed E-state index contributed by atoms with van der Waals surface area (Å²) in [6.07, 6.45) is 0.236. The molecule has 0 saturated carbocycles. The number of hydrogen-bond donors (Lipinski definition) is 3. The van der Waals surface area contributed by atoms with E-state index in [-0.39, 0.29) is 32.0 Å². The lowest BCUT2D eigenvalue weighted by Crippen LogP contribution is -2.33. The third kappa shape index (κ3) is 14.6. The number of rotatable bonds is 10. The fourth-order valence-corrected chi connectivity index (χ4v) is 1.37. The Labute approximate surface area is 130 Å². The highest BCUT2D eigenvalue weighted by Crippen LogP contribution is 2.06. The Morgan fingerprint density at radius 3 is 2.27 bits per heavy atom. The van der Waals surface area contributed by atoms with Crippen LogP contribution in [0, 0.1) is 0 Å². The van der Waals surface area contributed by atoms with Gasteiger partial charge in [-0.3, -0.25) is 9.59 Å². The van der Waals surface area contributed by atoms with E-state index in [1.54, 1.807) is 20.8 Å². The van der Waals surface area contributed by atoms with E-state index in [9.17, 15) is 14.4 Å². The molecule has 0 atom stereocenters. The number of ether oxygens (including phenoxy) is 2. The zero-order valence-corrected chi connectivity index (χ0v) is 13.4. The predicted octanol–water partition coefficient (Wildman–Crippen LogP) is 0.899. The van der Waals surface area contributed by atoms with Crippen LogP contribution in [0.3, 0.4) is 0 Å². The fourth-order valence-electron chi connectivity index (χ4n) is 1.37. The molecule has 22 heavy (non-hydrogen) atoms. The summed E-state index contributed by atoms with van der Waals surface area (Å²) in [6.45, 7) is 6.42. The molecule has 8 heteroatoms. The number of carboxylic acid groups (broad SMARTS) is 1. The maximum absolute atomic E-state index is 11.5. The molecule has 0 heterocycles. The average molecular weight is 318 g/mol. The van der Waals surface area contributed by atoms with Crippen molar-refractivity contribution >= 4 is 18.0 Å². The molecule has 2 amide bonds. The van der Waals surface area contributed by atoms with Crippen LogP contribution in [-0.4, -0.2) is 55.0 Å². The van der Waals surface area contributed by atoms with Crippen molar-refractivity contribution in [2.75, 3.05) is 26.3 Å². The van der Waals surface area contributed by atoms with Crippen molar-refractivity contribution in [1.29, 1.82) is 0 Å². The van der Waals surface area contributed by atoms with Crippen LogP contribution in [0.15, 0.2) is 0 Å². The lowest BCUT2D eigenvalue weighted by Gasteiger charge is -2.19. The molecule has 0 bridgehead atoms.